The molecule has 4 aromatic heterocycles. The van der Waals surface area contributed by atoms with E-state index in [0.717, 1.165) is 15.3 Å². The number of thiophene rings is 2. The lowest BCUT2D eigenvalue weighted by molar-refractivity contribution is 0.635. The first-order valence-electron chi connectivity index (χ1n) is 9.72. The minimum Gasteiger partial charge on any atom is -0.299 e. The molecule has 0 saturated heterocycles. The molecule has 0 aliphatic heterocycles. The summed E-state index contributed by atoms with van der Waals surface area (Å²) in [6, 6.07) is 11.3. The summed E-state index contributed by atoms with van der Waals surface area (Å²) in [5.41, 5.74) is 1.53. The molecule has 6 nitrogen and oxygen atoms in total. The smallest absolute Gasteiger partial charge is 0.263 e. The van der Waals surface area contributed by atoms with Crippen molar-refractivity contribution >= 4 is 55.6 Å². The van der Waals surface area contributed by atoms with E-state index in [1.54, 1.807) is 33.6 Å². The summed E-state index contributed by atoms with van der Waals surface area (Å²) in [6.07, 6.45) is 0. The summed E-state index contributed by atoms with van der Waals surface area (Å²) in [5, 5.41) is 5.93. The van der Waals surface area contributed by atoms with Crippen molar-refractivity contribution < 1.29 is 0 Å². The van der Waals surface area contributed by atoms with Gasteiger partial charge < -0.3 is 0 Å². The molecule has 0 bridgehead atoms. The van der Waals surface area contributed by atoms with Crippen LogP contribution in [0.1, 0.15) is 12.7 Å². The van der Waals surface area contributed by atoms with E-state index >= 15 is 0 Å². The molecule has 0 atom stereocenters. The van der Waals surface area contributed by atoms with E-state index in [-0.39, 0.29) is 11.1 Å². The fourth-order valence-electron chi connectivity index (χ4n) is 3.53. The molecule has 0 fully saturated rings. The van der Waals surface area contributed by atoms with Crippen LogP contribution in [0.15, 0.2) is 61.9 Å². The molecule has 5 rings (SSSR count). The molecule has 4 heterocycles. The van der Waals surface area contributed by atoms with E-state index in [0.29, 0.717) is 39.6 Å². The zero-order chi connectivity index (χ0) is 21.5. The topological polar surface area (TPSA) is 69.8 Å². The first kappa shape index (κ1) is 20.2. The third-order valence-electron chi connectivity index (χ3n) is 5.17. The van der Waals surface area contributed by atoms with Gasteiger partial charge >= 0.3 is 0 Å². The molecule has 5 aromatic rings. The largest absolute Gasteiger partial charge is 0.299 e. The highest BCUT2D eigenvalue weighted by Gasteiger charge is 2.18. The summed E-state index contributed by atoms with van der Waals surface area (Å²) in [4.78, 5) is 37.3. The van der Waals surface area contributed by atoms with Crippen molar-refractivity contribution in [1.82, 2.24) is 19.1 Å². The summed E-state index contributed by atoms with van der Waals surface area (Å²) >= 11 is 4.54. The van der Waals surface area contributed by atoms with Crippen molar-refractivity contribution in [3.8, 4) is 10.4 Å². The third kappa shape index (κ3) is 3.42. The van der Waals surface area contributed by atoms with E-state index < -0.39 is 0 Å². The van der Waals surface area contributed by atoms with E-state index in [4.69, 9.17) is 4.98 Å². The molecule has 31 heavy (non-hydrogen) atoms. The molecule has 156 valence electrons. The van der Waals surface area contributed by atoms with Gasteiger partial charge in [-0.2, -0.15) is 0 Å². The molecule has 0 unspecified atom stereocenters. The third-order valence-corrected chi connectivity index (χ3v) is 7.92. The second-order valence-electron chi connectivity index (χ2n) is 6.95. The van der Waals surface area contributed by atoms with Crippen LogP contribution in [0.2, 0.25) is 0 Å². The summed E-state index contributed by atoms with van der Waals surface area (Å²) in [7, 11) is 1.73. The first-order valence-corrected chi connectivity index (χ1v) is 12.5. The zero-order valence-electron chi connectivity index (χ0n) is 16.9. The number of para-hydroxylation sites is 1. The highest BCUT2D eigenvalue weighted by Crippen LogP contribution is 2.34. The molecule has 0 aliphatic carbocycles. The second kappa shape index (κ2) is 8.07. The van der Waals surface area contributed by atoms with Crippen LogP contribution >= 0.6 is 34.4 Å². The summed E-state index contributed by atoms with van der Waals surface area (Å²) in [5.74, 6) is 1.09. The molecule has 0 radical (unpaired) electrons. The minimum atomic E-state index is -0.0728. The van der Waals surface area contributed by atoms with Crippen molar-refractivity contribution in [3.05, 3.63) is 73.7 Å². The maximum absolute atomic E-state index is 13.3. The standard InChI is InChI=1S/C22H18N4O2S3/c1-3-26-21(28)18-14(16-9-6-10-29-16)11-30-19(18)24-22(26)31-12-17-23-15-8-5-4-7-13(15)20(27)25(17)2/h4-11H,3,12H2,1-2H3. The Balaban J connectivity index is 1.56. The maximum atomic E-state index is 13.3. The van der Waals surface area contributed by atoms with E-state index in [1.165, 1.54) is 23.1 Å². The van der Waals surface area contributed by atoms with Gasteiger partial charge in [0.25, 0.3) is 11.1 Å². The van der Waals surface area contributed by atoms with Crippen molar-refractivity contribution in [3.63, 3.8) is 0 Å². The SMILES string of the molecule is CCn1c(SCc2nc3ccccc3c(=O)n2C)nc2scc(-c3cccs3)c2c1=O. The zero-order valence-corrected chi connectivity index (χ0v) is 19.3. The van der Waals surface area contributed by atoms with Gasteiger partial charge in [-0.1, -0.05) is 30.0 Å². The predicted molar refractivity (Wildman–Crippen MR) is 129 cm³/mol. The van der Waals surface area contributed by atoms with Crippen LogP contribution in [0.3, 0.4) is 0 Å². The van der Waals surface area contributed by atoms with E-state index in [1.807, 2.05) is 48.0 Å². The molecular weight excluding hydrogens is 448 g/mol. The molecule has 0 aliphatic rings. The van der Waals surface area contributed by atoms with Crippen LogP contribution in [0.4, 0.5) is 0 Å². The lowest BCUT2D eigenvalue weighted by Crippen LogP contribution is -2.23. The number of benzene rings is 1. The molecule has 0 amide bonds. The minimum absolute atomic E-state index is 0.0278. The normalized spacial score (nSPS) is 11.5. The quantitative estimate of drug-likeness (QED) is 0.276. The van der Waals surface area contributed by atoms with Crippen molar-refractivity contribution in [2.45, 2.75) is 24.4 Å². The summed E-state index contributed by atoms with van der Waals surface area (Å²) < 4.78 is 3.28. The number of rotatable bonds is 5. The van der Waals surface area contributed by atoms with E-state index in [9.17, 15) is 9.59 Å². The molecule has 9 heteroatoms. The van der Waals surface area contributed by atoms with Crippen molar-refractivity contribution in [2.24, 2.45) is 7.05 Å². The lowest BCUT2D eigenvalue weighted by atomic mass is 10.2. The van der Waals surface area contributed by atoms with Gasteiger partial charge in [-0.3, -0.25) is 18.7 Å². The first-order chi connectivity index (χ1) is 15.1. The van der Waals surface area contributed by atoms with Crippen LogP contribution in [0.5, 0.6) is 0 Å². The average molecular weight is 467 g/mol. The predicted octanol–water partition coefficient (Wildman–Crippen LogP) is 4.75. The van der Waals surface area contributed by atoms with Crippen LogP contribution in [0, 0.1) is 0 Å². The van der Waals surface area contributed by atoms with Gasteiger partial charge in [0.15, 0.2) is 5.16 Å². The average Bonchev–Trinajstić information content (AvgIpc) is 3.45. The monoisotopic (exact) mass is 466 g/mol. The molecule has 1 aromatic carbocycles. The summed E-state index contributed by atoms with van der Waals surface area (Å²) in [6.45, 7) is 2.47. The Hall–Kier alpha value is -2.75. The Morgan fingerprint density at radius 2 is 1.87 bits per heavy atom. The van der Waals surface area contributed by atoms with Gasteiger partial charge in [-0.05, 0) is 30.5 Å². The number of thioether (sulfide) groups is 1. The van der Waals surface area contributed by atoms with Crippen LogP contribution in [-0.2, 0) is 19.3 Å². The van der Waals surface area contributed by atoms with Crippen molar-refractivity contribution in [2.75, 3.05) is 0 Å². The maximum Gasteiger partial charge on any atom is 0.263 e. The highest BCUT2D eigenvalue weighted by molar-refractivity contribution is 7.98. The molecular formula is C22H18N4O2S3. The van der Waals surface area contributed by atoms with Crippen LogP contribution in [-0.4, -0.2) is 19.1 Å². The van der Waals surface area contributed by atoms with Gasteiger partial charge in [-0.25, -0.2) is 9.97 Å². The van der Waals surface area contributed by atoms with Crippen LogP contribution in [0.25, 0.3) is 31.6 Å². The van der Waals surface area contributed by atoms with Crippen LogP contribution < -0.4 is 11.1 Å². The van der Waals surface area contributed by atoms with Gasteiger partial charge in [0.2, 0.25) is 0 Å². The Morgan fingerprint density at radius 1 is 1.03 bits per heavy atom. The number of fused-ring (bicyclic) bond motifs is 2. The Kier molecular flexibility index (Phi) is 5.25. The Labute approximate surface area is 189 Å². The number of aromatic nitrogens is 4. The fourth-order valence-corrected chi connectivity index (χ4v) is 6.38. The number of hydrogen-bond donors (Lipinski definition) is 0. The fraction of sp³-hybridized carbons (Fsp3) is 0.182. The number of hydrogen-bond acceptors (Lipinski definition) is 7. The van der Waals surface area contributed by atoms with Gasteiger partial charge in [-0.15, -0.1) is 22.7 Å². The Bertz CT molecular complexity index is 1530. The molecule has 0 saturated carbocycles. The Morgan fingerprint density at radius 3 is 2.65 bits per heavy atom. The number of nitrogens with zero attached hydrogens (tertiary/aromatic N) is 4. The van der Waals surface area contributed by atoms with Gasteiger partial charge in [0, 0.05) is 29.4 Å². The second-order valence-corrected chi connectivity index (χ2v) is 9.70. The van der Waals surface area contributed by atoms with Crippen molar-refractivity contribution in [1.29, 1.82) is 0 Å². The van der Waals surface area contributed by atoms with Gasteiger partial charge in [0.05, 0.1) is 22.0 Å². The lowest BCUT2D eigenvalue weighted by Gasteiger charge is -2.12. The molecule has 0 N–H and O–H groups in total. The van der Waals surface area contributed by atoms with E-state index in [2.05, 4.69) is 4.98 Å². The van der Waals surface area contributed by atoms with Gasteiger partial charge in [0.1, 0.15) is 10.7 Å². The molecule has 0 spiro atoms. The highest BCUT2D eigenvalue weighted by atomic mass is 32.2.